The third-order valence-corrected chi connectivity index (χ3v) is 2.08. The minimum absolute atomic E-state index is 0.0526. The number of hydrogen-bond donors (Lipinski definition) is 1. The standard InChI is InChI=1S/C8H14NO/c1-9-5-4-7-2-3-8(10)6-7/h5,7-8,10H,1-4,6H2/q+1. The molecule has 0 spiro atoms. The van der Waals surface area contributed by atoms with E-state index in [2.05, 4.69) is 11.4 Å². The Morgan fingerprint density at radius 1 is 1.60 bits per heavy atom. The van der Waals surface area contributed by atoms with Gasteiger partial charge in [-0.2, -0.15) is 0 Å². The number of aliphatic hydroxyl groups is 1. The molecule has 1 N–H and O–H groups in total. The Kier molecular flexibility index (Phi) is 2.67. The van der Waals surface area contributed by atoms with Crippen LogP contribution in [0.1, 0.15) is 25.7 Å². The van der Waals surface area contributed by atoms with Gasteiger partial charge in [0.05, 0.1) is 6.10 Å². The summed E-state index contributed by atoms with van der Waals surface area (Å²) in [6.07, 6.45) is 5.83. The molecular formula is C8H14NO+. The van der Waals surface area contributed by atoms with Gasteiger partial charge in [-0.25, -0.2) is 0 Å². The van der Waals surface area contributed by atoms with E-state index in [1.54, 1.807) is 0 Å². The molecule has 2 nitrogen and oxygen atoms in total. The molecule has 0 heterocycles. The lowest BCUT2D eigenvalue weighted by Crippen LogP contribution is -2.00. The fourth-order valence-corrected chi connectivity index (χ4v) is 1.49. The van der Waals surface area contributed by atoms with Gasteiger partial charge in [-0.3, -0.25) is 0 Å². The highest BCUT2D eigenvalue weighted by Crippen LogP contribution is 2.26. The fraction of sp³-hybridized carbons (Fsp3) is 0.750. The van der Waals surface area contributed by atoms with Gasteiger partial charge in [0.15, 0.2) is 0 Å². The molecule has 1 saturated carbocycles. The topological polar surface area (TPSA) is 34.3 Å². The Morgan fingerprint density at radius 2 is 2.40 bits per heavy atom. The molecule has 1 aliphatic rings. The van der Waals surface area contributed by atoms with Gasteiger partial charge in [0.2, 0.25) is 0 Å². The molecule has 1 fully saturated rings. The molecule has 0 aliphatic heterocycles. The van der Waals surface area contributed by atoms with E-state index < -0.39 is 0 Å². The van der Waals surface area contributed by atoms with Crippen LogP contribution in [0.5, 0.6) is 0 Å². The highest BCUT2D eigenvalue weighted by molar-refractivity contribution is 5.58. The lowest BCUT2D eigenvalue weighted by Gasteiger charge is -1.99. The van der Waals surface area contributed by atoms with E-state index in [0.717, 1.165) is 25.7 Å². The van der Waals surface area contributed by atoms with Crippen LogP contribution in [-0.2, 0) is 0 Å². The summed E-state index contributed by atoms with van der Waals surface area (Å²) in [5, 5.41) is 9.14. The van der Waals surface area contributed by atoms with Crippen molar-refractivity contribution in [3.8, 4) is 0 Å². The van der Waals surface area contributed by atoms with E-state index in [9.17, 15) is 0 Å². The number of hydrogen-bond acceptors (Lipinski definition) is 1. The molecule has 0 aromatic heterocycles. The van der Waals surface area contributed by atoms with Crippen LogP contribution in [0.4, 0.5) is 0 Å². The van der Waals surface area contributed by atoms with Crippen molar-refractivity contribution in [1.29, 1.82) is 0 Å². The maximum Gasteiger partial charge on any atom is 0.268 e. The summed E-state index contributed by atoms with van der Waals surface area (Å²) in [7, 11) is 0. The minimum atomic E-state index is -0.0526. The van der Waals surface area contributed by atoms with Gasteiger partial charge in [0, 0.05) is 6.42 Å². The zero-order valence-electron chi connectivity index (χ0n) is 6.16. The summed E-state index contributed by atoms with van der Waals surface area (Å²) in [4.78, 5) is 0. The minimum Gasteiger partial charge on any atom is -0.393 e. The number of rotatable bonds is 2. The van der Waals surface area contributed by atoms with Gasteiger partial charge in [0.25, 0.3) is 12.9 Å². The molecule has 56 valence electrons. The van der Waals surface area contributed by atoms with Crippen LogP contribution in [0.2, 0.25) is 0 Å². The van der Waals surface area contributed by atoms with Crippen molar-refractivity contribution in [3.63, 3.8) is 0 Å². The van der Waals surface area contributed by atoms with Crippen LogP contribution in [0.3, 0.4) is 0 Å². The first-order valence-electron chi connectivity index (χ1n) is 3.78. The van der Waals surface area contributed by atoms with Crippen LogP contribution in [0, 0.1) is 5.92 Å². The molecule has 0 amide bonds. The van der Waals surface area contributed by atoms with E-state index in [0.29, 0.717) is 5.92 Å². The summed E-state index contributed by atoms with van der Waals surface area (Å²) < 4.78 is 3.67. The van der Waals surface area contributed by atoms with E-state index in [4.69, 9.17) is 5.11 Å². The second-order valence-electron chi connectivity index (χ2n) is 2.93. The maximum absolute atomic E-state index is 9.14. The van der Waals surface area contributed by atoms with Crippen molar-refractivity contribution in [2.24, 2.45) is 5.92 Å². The SMILES string of the molecule is C=[N+]=CCC1CCC(O)C1. The predicted octanol–water partition coefficient (Wildman–Crippen LogP) is 0.376. The molecule has 1 aliphatic carbocycles. The number of nitrogens with zero attached hydrogens (tertiary/aromatic N) is 1. The summed E-state index contributed by atoms with van der Waals surface area (Å²) in [5.74, 6) is 0.653. The van der Waals surface area contributed by atoms with E-state index >= 15 is 0 Å². The van der Waals surface area contributed by atoms with Crippen LogP contribution < -0.4 is 4.67 Å². The van der Waals surface area contributed by atoms with Crippen LogP contribution >= 0.6 is 0 Å². The molecule has 10 heavy (non-hydrogen) atoms. The van der Waals surface area contributed by atoms with Gasteiger partial charge < -0.3 is 5.11 Å². The van der Waals surface area contributed by atoms with Gasteiger partial charge in [-0.15, -0.1) is 4.67 Å². The maximum atomic E-state index is 9.14. The highest BCUT2D eigenvalue weighted by atomic mass is 16.3. The lowest BCUT2D eigenvalue weighted by molar-refractivity contribution is 0.178. The summed E-state index contributed by atoms with van der Waals surface area (Å²) in [6, 6.07) is 0. The molecule has 0 bridgehead atoms. The van der Waals surface area contributed by atoms with Crippen molar-refractivity contribution in [2.75, 3.05) is 0 Å². The van der Waals surface area contributed by atoms with E-state index in [1.165, 1.54) is 0 Å². The fourth-order valence-electron chi connectivity index (χ4n) is 1.49. The largest absolute Gasteiger partial charge is 0.393 e. The van der Waals surface area contributed by atoms with Crippen molar-refractivity contribution in [3.05, 3.63) is 0 Å². The average Bonchev–Trinajstić information content (AvgIpc) is 2.31. The molecular weight excluding hydrogens is 126 g/mol. The quantitative estimate of drug-likeness (QED) is 0.436. The Hall–Kier alpha value is -0.590. The first kappa shape index (κ1) is 7.52. The van der Waals surface area contributed by atoms with Gasteiger partial charge in [-0.1, -0.05) is 0 Å². The van der Waals surface area contributed by atoms with Crippen molar-refractivity contribution >= 4 is 12.9 Å². The van der Waals surface area contributed by atoms with E-state index in [-0.39, 0.29) is 6.10 Å². The molecule has 2 unspecified atom stereocenters. The second-order valence-corrected chi connectivity index (χ2v) is 2.93. The molecule has 1 rings (SSSR count). The molecule has 0 aromatic carbocycles. The second kappa shape index (κ2) is 3.55. The van der Waals surface area contributed by atoms with Crippen molar-refractivity contribution < 1.29 is 5.11 Å². The van der Waals surface area contributed by atoms with Crippen molar-refractivity contribution in [2.45, 2.75) is 31.8 Å². The lowest BCUT2D eigenvalue weighted by atomic mass is 10.1. The smallest absolute Gasteiger partial charge is 0.268 e. The molecule has 2 atom stereocenters. The van der Waals surface area contributed by atoms with Gasteiger partial charge in [-0.05, 0) is 25.2 Å². The first-order valence-corrected chi connectivity index (χ1v) is 3.78. The van der Waals surface area contributed by atoms with Crippen molar-refractivity contribution in [1.82, 2.24) is 4.67 Å². The Labute approximate surface area is 61.3 Å². The predicted molar refractivity (Wildman–Crippen MR) is 43.3 cm³/mol. The van der Waals surface area contributed by atoms with Crippen LogP contribution in [0.25, 0.3) is 0 Å². The number of aliphatic hydroxyl groups excluding tert-OH is 1. The van der Waals surface area contributed by atoms with Crippen LogP contribution in [-0.4, -0.2) is 24.1 Å². The zero-order chi connectivity index (χ0) is 7.40. The zero-order valence-corrected chi connectivity index (χ0v) is 6.16. The Balaban J connectivity index is 2.24. The monoisotopic (exact) mass is 140 g/mol. The van der Waals surface area contributed by atoms with E-state index in [1.807, 2.05) is 6.21 Å². The molecule has 0 saturated heterocycles. The summed E-state index contributed by atoms with van der Waals surface area (Å²) >= 11 is 0. The third kappa shape index (κ3) is 1.98. The van der Waals surface area contributed by atoms with Crippen LogP contribution in [0.15, 0.2) is 0 Å². The van der Waals surface area contributed by atoms with Gasteiger partial charge >= 0.3 is 0 Å². The summed E-state index contributed by atoms with van der Waals surface area (Å²) in [6.45, 7) is 3.37. The molecule has 0 aromatic rings. The normalized spacial score (nSPS) is 31.7. The summed E-state index contributed by atoms with van der Waals surface area (Å²) in [5.41, 5.74) is 0. The Bertz CT molecular complexity index is 149. The Morgan fingerprint density at radius 3 is 2.90 bits per heavy atom. The molecule has 2 heteroatoms. The average molecular weight is 140 g/mol. The molecule has 0 radical (unpaired) electrons. The van der Waals surface area contributed by atoms with Gasteiger partial charge in [0.1, 0.15) is 0 Å². The highest BCUT2D eigenvalue weighted by Gasteiger charge is 2.22. The third-order valence-electron chi connectivity index (χ3n) is 2.08. The first-order chi connectivity index (χ1) is 4.83.